The van der Waals surface area contributed by atoms with E-state index in [-0.39, 0.29) is 6.10 Å². The summed E-state index contributed by atoms with van der Waals surface area (Å²) in [6, 6.07) is 0.478. The van der Waals surface area contributed by atoms with Crippen molar-refractivity contribution in [2.45, 2.75) is 52.9 Å². The van der Waals surface area contributed by atoms with Gasteiger partial charge in [0.25, 0.3) is 0 Å². The van der Waals surface area contributed by atoms with Crippen LogP contribution in [0.2, 0.25) is 0 Å². The van der Waals surface area contributed by atoms with Crippen molar-refractivity contribution < 1.29 is 9.15 Å². The van der Waals surface area contributed by atoms with Crippen LogP contribution in [0, 0.1) is 0 Å². The molecular formula is C11H21N3O2. The molecule has 5 nitrogen and oxygen atoms in total. The number of nitrogens with zero attached hydrogens (tertiary/aromatic N) is 2. The molecule has 0 aliphatic rings. The van der Waals surface area contributed by atoms with Crippen LogP contribution in [0.5, 0.6) is 0 Å². The highest BCUT2D eigenvalue weighted by Crippen LogP contribution is 2.03. The number of rotatable bonds is 7. The lowest BCUT2D eigenvalue weighted by Gasteiger charge is -2.05. The van der Waals surface area contributed by atoms with Gasteiger partial charge in [-0.15, -0.1) is 10.2 Å². The zero-order valence-corrected chi connectivity index (χ0v) is 10.5. The fraction of sp³-hybridized carbons (Fsp3) is 0.818. The molecule has 0 spiro atoms. The van der Waals surface area contributed by atoms with Gasteiger partial charge in [-0.05, 0) is 13.8 Å². The van der Waals surface area contributed by atoms with E-state index in [4.69, 9.17) is 9.15 Å². The van der Waals surface area contributed by atoms with E-state index in [9.17, 15) is 0 Å². The summed E-state index contributed by atoms with van der Waals surface area (Å²) in [6.07, 6.45) is 0.935. The lowest BCUT2D eigenvalue weighted by molar-refractivity contribution is 0.0511. The second-order valence-electron chi connectivity index (χ2n) is 4.31. The summed E-state index contributed by atoms with van der Waals surface area (Å²) in [7, 11) is 0. The van der Waals surface area contributed by atoms with E-state index in [0.717, 1.165) is 13.0 Å². The van der Waals surface area contributed by atoms with Crippen LogP contribution in [0.4, 0.5) is 0 Å². The SMILES string of the molecule is CC(C)NCCc1nnc(COC(C)C)o1. The highest BCUT2D eigenvalue weighted by atomic mass is 16.5. The molecule has 16 heavy (non-hydrogen) atoms. The maximum Gasteiger partial charge on any atom is 0.242 e. The average molecular weight is 227 g/mol. The monoisotopic (exact) mass is 227 g/mol. The molecule has 0 atom stereocenters. The van der Waals surface area contributed by atoms with Crippen molar-refractivity contribution in [2.75, 3.05) is 6.54 Å². The van der Waals surface area contributed by atoms with Gasteiger partial charge in [0.2, 0.25) is 11.8 Å². The number of hydrogen-bond acceptors (Lipinski definition) is 5. The molecule has 1 aromatic heterocycles. The second kappa shape index (κ2) is 6.60. The maximum atomic E-state index is 5.43. The molecule has 92 valence electrons. The zero-order valence-electron chi connectivity index (χ0n) is 10.5. The molecule has 0 aliphatic carbocycles. The molecule has 1 N–H and O–H groups in total. The van der Waals surface area contributed by atoms with E-state index in [1.54, 1.807) is 0 Å². The first-order valence-corrected chi connectivity index (χ1v) is 5.74. The normalized spacial score (nSPS) is 11.6. The number of nitrogens with one attached hydrogen (secondary N) is 1. The number of aromatic nitrogens is 2. The molecule has 0 fully saturated rings. The van der Waals surface area contributed by atoms with Crippen molar-refractivity contribution >= 4 is 0 Å². The van der Waals surface area contributed by atoms with Crippen LogP contribution >= 0.6 is 0 Å². The van der Waals surface area contributed by atoms with Gasteiger partial charge in [0.1, 0.15) is 6.61 Å². The van der Waals surface area contributed by atoms with Crippen molar-refractivity contribution in [1.82, 2.24) is 15.5 Å². The Morgan fingerprint density at radius 1 is 1.19 bits per heavy atom. The van der Waals surface area contributed by atoms with E-state index in [1.165, 1.54) is 0 Å². The molecule has 1 aromatic rings. The van der Waals surface area contributed by atoms with Gasteiger partial charge in [-0.3, -0.25) is 0 Å². The lowest BCUT2D eigenvalue weighted by Crippen LogP contribution is -2.25. The molecule has 0 bridgehead atoms. The van der Waals surface area contributed by atoms with E-state index in [0.29, 0.717) is 24.4 Å². The second-order valence-corrected chi connectivity index (χ2v) is 4.31. The van der Waals surface area contributed by atoms with E-state index >= 15 is 0 Å². The standard InChI is InChI=1S/C11H21N3O2/c1-8(2)12-6-5-10-13-14-11(16-10)7-15-9(3)4/h8-9,12H,5-7H2,1-4H3. The third-order valence-corrected chi connectivity index (χ3v) is 1.94. The largest absolute Gasteiger partial charge is 0.423 e. The third kappa shape index (κ3) is 5.23. The van der Waals surface area contributed by atoms with E-state index in [2.05, 4.69) is 29.4 Å². The predicted molar refractivity (Wildman–Crippen MR) is 61.1 cm³/mol. The van der Waals surface area contributed by atoms with Crippen molar-refractivity contribution in [3.05, 3.63) is 11.8 Å². The summed E-state index contributed by atoms with van der Waals surface area (Å²) in [4.78, 5) is 0. The molecule has 0 aromatic carbocycles. The van der Waals surface area contributed by atoms with Crippen LogP contribution in [0.15, 0.2) is 4.42 Å². The topological polar surface area (TPSA) is 60.2 Å². The number of ether oxygens (including phenoxy) is 1. The summed E-state index contributed by atoms with van der Waals surface area (Å²) in [5.74, 6) is 1.21. The maximum absolute atomic E-state index is 5.43. The molecule has 0 aliphatic heterocycles. The Bertz CT molecular complexity index is 297. The van der Waals surface area contributed by atoms with Crippen LogP contribution in [-0.4, -0.2) is 28.9 Å². The molecule has 5 heteroatoms. The highest BCUT2D eigenvalue weighted by Gasteiger charge is 2.06. The fourth-order valence-electron chi connectivity index (χ4n) is 1.15. The summed E-state index contributed by atoms with van der Waals surface area (Å²) in [6.45, 7) is 9.41. The van der Waals surface area contributed by atoms with Gasteiger partial charge in [-0.1, -0.05) is 13.8 Å². The van der Waals surface area contributed by atoms with Crippen molar-refractivity contribution in [3.8, 4) is 0 Å². The average Bonchev–Trinajstić information content (AvgIpc) is 2.62. The molecule has 0 saturated carbocycles. The predicted octanol–water partition coefficient (Wildman–Crippen LogP) is 1.54. The summed E-state index contributed by atoms with van der Waals surface area (Å²) in [5, 5.41) is 11.2. The van der Waals surface area contributed by atoms with Gasteiger partial charge in [0.05, 0.1) is 6.10 Å². The van der Waals surface area contributed by atoms with Crippen LogP contribution < -0.4 is 5.32 Å². The molecule has 0 radical (unpaired) electrons. The van der Waals surface area contributed by atoms with Crippen LogP contribution in [0.25, 0.3) is 0 Å². The van der Waals surface area contributed by atoms with Gasteiger partial charge in [0, 0.05) is 19.0 Å². The third-order valence-electron chi connectivity index (χ3n) is 1.94. The summed E-state index contributed by atoms with van der Waals surface area (Å²) in [5.41, 5.74) is 0. The molecule has 1 heterocycles. The Kier molecular flexibility index (Phi) is 5.42. The van der Waals surface area contributed by atoms with Gasteiger partial charge < -0.3 is 14.5 Å². The van der Waals surface area contributed by atoms with E-state index < -0.39 is 0 Å². The first-order valence-electron chi connectivity index (χ1n) is 5.74. The van der Waals surface area contributed by atoms with Crippen molar-refractivity contribution in [1.29, 1.82) is 0 Å². The minimum absolute atomic E-state index is 0.179. The summed E-state index contributed by atoms with van der Waals surface area (Å²) >= 11 is 0. The first-order chi connectivity index (χ1) is 7.58. The van der Waals surface area contributed by atoms with Gasteiger partial charge in [-0.2, -0.15) is 0 Å². The Hall–Kier alpha value is -0.940. The van der Waals surface area contributed by atoms with Gasteiger partial charge in [0.15, 0.2) is 0 Å². The molecule has 0 saturated heterocycles. The Balaban J connectivity index is 2.28. The first kappa shape index (κ1) is 13.1. The summed E-state index contributed by atoms with van der Waals surface area (Å²) < 4.78 is 10.8. The van der Waals surface area contributed by atoms with Crippen LogP contribution in [0.1, 0.15) is 39.5 Å². The molecule has 0 amide bonds. The zero-order chi connectivity index (χ0) is 12.0. The van der Waals surface area contributed by atoms with Crippen molar-refractivity contribution in [3.63, 3.8) is 0 Å². The van der Waals surface area contributed by atoms with Gasteiger partial charge in [-0.25, -0.2) is 0 Å². The lowest BCUT2D eigenvalue weighted by atomic mass is 10.3. The molecule has 1 rings (SSSR count). The Labute approximate surface area is 96.6 Å². The fourth-order valence-corrected chi connectivity index (χ4v) is 1.15. The highest BCUT2D eigenvalue weighted by molar-refractivity contribution is 4.81. The van der Waals surface area contributed by atoms with E-state index in [1.807, 2.05) is 13.8 Å². The quantitative estimate of drug-likeness (QED) is 0.765. The van der Waals surface area contributed by atoms with Gasteiger partial charge >= 0.3 is 0 Å². The van der Waals surface area contributed by atoms with Crippen LogP contribution in [0.3, 0.4) is 0 Å². The van der Waals surface area contributed by atoms with Crippen LogP contribution in [-0.2, 0) is 17.8 Å². The smallest absolute Gasteiger partial charge is 0.242 e. The minimum Gasteiger partial charge on any atom is -0.423 e. The Morgan fingerprint density at radius 3 is 2.50 bits per heavy atom. The minimum atomic E-state index is 0.179. The number of hydrogen-bond donors (Lipinski definition) is 1. The molecular weight excluding hydrogens is 206 g/mol. The molecule has 0 unspecified atom stereocenters. The Morgan fingerprint density at radius 2 is 1.88 bits per heavy atom. The van der Waals surface area contributed by atoms with Crippen molar-refractivity contribution in [2.24, 2.45) is 0 Å².